The molecule has 1 heteroatoms. The summed E-state index contributed by atoms with van der Waals surface area (Å²) in [6, 6.07) is 0. The Balaban J connectivity index is 0. The Morgan fingerprint density at radius 1 is 1.00 bits per heavy atom. The zero-order valence-corrected chi connectivity index (χ0v) is 5.89. The molecule has 0 aromatic carbocycles. The van der Waals surface area contributed by atoms with Crippen LogP contribution in [-0.4, -0.2) is 8.80 Å². The fraction of sp³-hybridized carbons (Fsp3) is 0.600. The van der Waals surface area contributed by atoms with Gasteiger partial charge in [0.25, 0.3) is 0 Å². The molecule has 0 saturated heterocycles. The molecule has 6 heavy (non-hydrogen) atoms. The first-order chi connectivity index (χ1) is 2.73. The van der Waals surface area contributed by atoms with E-state index in [1.165, 1.54) is 0 Å². The van der Waals surface area contributed by atoms with E-state index in [0.717, 1.165) is 0 Å². The molecule has 0 aliphatic carbocycles. The number of terminal acetylenes is 1. The third-order valence-corrected chi connectivity index (χ3v) is 0. The van der Waals surface area contributed by atoms with E-state index >= 15 is 0 Å². The molecule has 0 fully saturated rings. The van der Waals surface area contributed by atoms with Crippen LogP contribution in [-0.2, 0) is 0 Å². The minimum absolute atomic E-state index is 0.139. The predicted octanol–water partition coefficient (Wildman–Crippen LogP) is 1.35. The summed E-state index contributed by atoms with van der Waals surface area (Å²) in [5, 5.41) is 0. The molecule has 0 saturated carbocycles. The van der Waals surface area contributed by atoms with Crippen LogP contribution in [0.5, 0.6) is 0 Å². The van der Waals surface area contributed by atoms with E-state index in [4.69, 9.17) is 0 Å². The van der Waals surface area contributed by atoms with Crippen molar-refractivity contribution < 1.29 is 0 Å². The van der Waals surface area contributed by atoms with Gasteiger partial charge in [0.1, 0.15) is 0 Å². The Labute approximate surface area is 42.2 Å². The van der Waals surface area contributed by atoms with Crippen LogP contribution >= 0.6 is 0 Å². The molecule has 0 spiro atoms. The van der Waals surface area contributed by atoms with Gasteiger partial charge in [0.2, 0.25) is 0 Å². The monoisotopic (exact) mass is 100 g/mol. The second kappa shape index (κ2) is 8.84. The van der Waals surface area contributed by atoms with Gasteiger partial charge in [0, 0.05) is 8.80 Å². The van der Waals surface area contributed by atoms with Crippen molar-refractivity contribution in [1.82, 2.24) is 0 Å². The summed E-state index contributed by atoms with van der Waals surface area (Å²) in [5.41, 5.74) is 0. The standard InChI is InChI=1S/C3H10Si.C2H2/c1-4(2)3;1-2/h4H,1-3H3;1-2H. The molecule has 0 heterocycles. The Morgan fingerprint density at radius 2 is 1.00 bits per heavy atom. The maximum atomic E-state index is 4.00. The zero-order chi connectivity index (χ0) is 5.58. The molecule has 0 unspecified atom stereocenters. The van der Waals surface area contributed by atoms with E-state index in [-0.39, 0.29) is 8.80 Å². The highest BCUT2D eigenvalue weighted by Gasteiger charge is 1.71. The molecular weight excluding hydrogens is 88.1 g/mol. The molecule has 0 radical (unpaired) electrons. The summed E-state index contributed by atoms with van der Waals surface area (Å²) in [6.45, 7) is 6.92. The van der Waals surface area contributed by atoms with Crippen molar-refractivity contribution in [2.45, 2.75) is 19.6 Å². The Hall–Kier alpha value is -0.223. The van der Waals surface area contributed by atoms with E-state index in [9.17, 15) is 0 Å². The van der Waals surface area contributed by atoms with Gasteiger partial charge in [0.15, 0.2) is 0 Å². The molecule has 0 amide bonds. The van der Waals surface area contributed by atoms with E-state index in [1.807, 2.05) is 0 Å². The Kier molecular flexibility index (Phi) is 13.6. The highest BCUT2D eigenvalue weighted by atomic mass is 28.3. The first kappa shape index (κ1) is 9.24. The molecule has 0 aromatic heterocycles. The van der Waals surface area contributed by atoms with Gasteiger partial charge < -0.3 is 0 Å². The quantitative estimate of drug-likeness (QED) is 0.318. The number of hydrogen-bond donors (Lipinski definition) is 0. The van der Waals surface area contributed by atoms with Crippen LogP contribution in [0.2, 0.25) is 19.6 Å². The zero-order valence-electron chi connectivity index (χ0n) is 4.73. The summed E-state index contributed by atoms with van der Waals surface area (Å²) in [5.74, 6) is 0. The van der Waals surface area contributed by atoms with Crippen LogP contribution in [0.15, 0.2) is 0 Å². The normalized spacial score (nSPS) is 6.33. The van der Waals surface area contributed by atoms with Crippen molar-refractivity contribution >= 4 is 8.80 Å². The van der Waals surface area contributed by atoms with Crippen LogP contribution < -0.4 is 0 Å². The van der Waals surface area contributed by atoms with E-state index < -0.39 is 0 Å². The summed E-state index contributed by atoms with van der Waals surface area (Å²) in [7, 11) is -0.139. The molecule has 0 nitrogen and oxygen atoms in total. The molecule has 0 aliphatic heterocycles. The van der Waals surface area contributed by atoms with Crippen molar-refractivity contribution in [2.75, 3.05) is 0 Å². The summed E-state index contributed by atoms with van der Waals surface area (Å²) < 4.78 is 0. The van der Waals surface area contributed by atoms with Gasteiger partial charge in [-0.1, -0.05) is 19.6 Å². The Bertz CT molecular complexity index is 25.4. The van der Waals surface area contributed by atoms with Crippen molar-refractivity contribution in [3.63, 3.8) is 0 Å². The highest BCUT2D eigenvalue weighted by molar-refractivity contribution is 6.54. The average Bonchev–Trinajstić information content (AvgIpc) is 1.41. The lowest BCUT2D eigenvalue weighted by Gasteiger charge is -1.75. The molecule has 0 bridgehead atoms. The third kappa shape index (κ3) is 585. The van der Waals surface area contributed by atoms with E-state index in [0.29, 0.717) is 0 Å². The van der Waals surface area contributed by atoms with E-state index in [2.05, 4.69) is 32.5 Å². The Morgan fingerprint density at radius 3 is 1.00 bits per heavy atom. The van der Waals surface area contributed by atoms with Crippen LogP contribution in [0.4, 0.5) is 0 Å². The fourth-order valence-corrected chi connectivity index (χ4v) is 0. The number of hydrogen-bond acceptors (Lipinski definition) is 0. The second-order valence-corrected chi connectivity index (χ2v) is 5.20. The lowest BCUT2D eigenvalue weighted by Crippen LogP contribution is -1.84. The fourth-order valence-electron chi connectivity index (χ4n) is 0. The van der Waals surface area contributed by atoms with Crippen LogP contribution in [0, 0.1) is 12.8 Å². The molecular formula is C5H12Si. The SMILES string of the molecule is C#C.C[SiH](C)C. The summed E-state index contributed by atoms with van der Waals surface area (Å²) in [6.07, 6.45) is 8.00. The first-order valence-corrected chi connectivity index (χ1v) is 5.53. The van der Waals surface area contributed by atoms with Crippen LogP contribution in [0.1, 0.15) is 0 Å². The van der Waals surface area contributed by atoms with Gasteiger partial charge in [-0.15, -0.1) is 12.8 Å². The molecule has 0 atom stereocenters. The average molecular weight is 100 g/mol. The molecule has 0 N–H and O–H groups in total. The van der Waals surface area contributed by atoms with Crippen molar-refractivity contribution in [3.05, 3.63) is 0 Å². The van der Waals surface area contributed by atoms with Gasteiger partial charge >= 0.3 is 0 Å². The number of rotatable bonds is 0. The smallest absolute Gasteiger partial charge is 0.0274 e. The minimum Gasteiger partial charge on any atom is -0.124 e. The second-order valence-electron chi connectivity index (χ2n) is 1.73. The van der Waals surface area contributed by atoms with Gasteiger partial charge in [0.05, 0.1) is 0 Å². The van der Waals surface area contributed by atoms with Crippen molar-refractivity contribution in [2.24, 2.45) is 0 Å². The summed E-state index contributed by atoms with van der Waals surface area (Å²) in [4.78, 5) is 0. The van der Waals surface area contributed by atoms with Crippen LogP contribution in [0.3, 0.4) is 0 Å². The maximum Gasteiger partial charge on any atom is 0.0274 e. The predicted molar refractivity (Wildman–Crippen MR) is 34.6 cm³/mol. The molecule has 0 rings (SSSR count). The molecule has 0 aromatic rings. The van der Waals surface area contributed by atoms with Crippen molar-refractivity contribution in [3.8, 4) is 12.8 Å². The highest BCUT2D eigenvalue weighted by Crippen LogP contribution is 1.68. The lowest BCUT2D eigenvalue weighted by atomic mass is 11.4. The van der Waals surface area contributed by atoms with Gasteiger partial charge in [-0.2, -0.15) is 0 Å². The topological polar surface area (TPSA) is 0 Å². The van der Waals surface area contributed by atoms with Crippen LogP contribution in [0.25, 0.3) is 0 Å². The molecule has 36 valence electrons. The third-order valence-electron chi connectivity index (χ3n) is 0. The van der Waals surface area contributed by atoms with Crippen molar-refractivity contribution in [1.29, 1.82) is 0 Å². The minimum atomic E-state index is -0.139. The maximum absolute atomic E-state index is 4.00. The first-order valence-electron chi connectivity index (χ1n) is 2.07. The van der Waals surface area contributed by atoms with Gasteiger partial charge in [-0.05, 0) is 0 Å². The summed E-state index contributed by atoms with van der Waals surface area (Å²) >= 11 is 0. The van der Waals surface area contributed by atoms with E-state index in [1.54, 1.807) is 0 Å². The molecule has 0 aliphatic rings. The lowest BCUT2D eigenvalue weighted by molar-refractivity contribution is 1.91. The largest absolute Gasteiger partial charge is 0.124 e. The van der Waals surface area contributed by atoms with Gasteiger partial charge in [-0.25, -0.2) is 0 Å². The van der Waals surface area contributed by atoms with Gasteiger partial charge in [-0.3, -0.25) is 0 Å².